The van der Waals surface area contributed by atoms with E-state index in [1.165, 1.54) is 25.1 Å². The van der Waals surface area contributed by atoms with Gasteiger partial charge in [-0.25, -0.2) is 4.39 Å². The summed E-state index contributed by atoms with van der Waals surface area (Å²) in [6.07, 6.45) is 0.377. The molecule has 1 aliphatic carbocycles. The Morgan fingerprint density at radius 3 is 2.81 bits per heavy atom. The van der Waals surface area contributed by atoms with E-state index in [9.17, 15) is 19.4 Å². The molecule has 0 radical (unpaired) electrons. The quantitative estimate of drug-likeness (QED) is 0.363. The molecule has 0 saturated carbocycles. The molecular formula is C18H15FN4O3. The number of aromatic nitrogens is 2. The van der Waals surface area contributed by atoms with Crippen LogP contribution in [0.3, 0.4) is 0 Å². The molecule has 0 bridgehead atoms. The molecule has 2 aromatic carbocycles. The predicted molar refractivity (Wildman–Crippen MR) is 94.1 cm³/mol. The monoisotopic (exact) mass is 354 g/mol. The topological polar surface area (TPSA) is 110 Å². The predicted octanol–water partition coefficient (Wildman–Crippen LogP) is 3.23. The second kappa shape index (κ2) is 5.76. The highest BCUT2D eigenvalue weighted by molar-refractivity contribution is 5.96. The number of benzene rings is 2. The summed E-state index contributed by atoms with van der Waals surface area (Å²) < 4.78 is 13.4. The van der Waals surface area contributed by atoms with Gasteiger partial charge in [0.2, 0.25) is 5.91 Å². The lowest BCUT2D eigenvalue weighted by Gasteiger charge is -2.13. The van der Waals surface area contributed by atoms with Crippen molar-refractivity contribution >= 4 is 23.1 Å². The minimum Gasteiger partial charge on any atom is -0.504 e. The number of phenolic OH excluding ortho intramolecular Hbond substituents is 2. The Labute approximate surface area is 147 Å². The van der Waals surface area contributed by atoms with E-state index in [1.54, 1.807) is 12.1 Å². The van der Waals surface area contributed by atoms with Crippen LogP contribution >= 0.6 is 0 Å². The summed E-state index contributed by atoms with van der Waals surface area (Å²) in [7, 11) is 0. The number of rotatable bonds is 3. The lowest BCUT2D eigenvalue weighted by Crippen LogP contribution is -2.08. The number of nitrogens with one attached hydrogen (secondary N) is 3. The van der Waals surface area contributed by atoms with E-state index < -0.39 is 0 Å². The number of aromatic amines is 1. The second-order valence-corrected chi connectivity index (χ2v) is 6.06. The van der Waals surface area contributed by atoms with Crippen LogP contribution in [0.1, 0.15) is 18.1 Å². The van der Waals surface area contributed by atoms with E-state index >= 15 is 0 Å². The molecular weight excluding hydrogens is 339 g/mol. The second-order valence-electron chi connectivity index (χ2n) is 6.06. The Hall–Kier alpha value is -3.55. The number of nitrogens with zero attached hydrogens (tertiary/aromatic N) is 1. The molecule has 3 aromatic rings. The molecule has 0 spiro atoms. The van der Waals surface area contributed by atoms with Gasteiger partial charge in [-0.3, -0.25) is 9.89 Å². The Balaban J connectivity index is 1.76. The van der Waals surface area contributed by atoms with Gasteiger partial charge in [-0.2, -0.15) is 5.10 Å². The third-order valence-corrected chi connectivity index (χ3v) is 4.27. The van der Waals surface area contributed by atoms with Gasteiger partial charge in [0, 0.05) is 30.2 Å². The van der Waals surface area contributed by atoms with Crippen LogP contribution in [0.5, 0.6) is 11.5 Å². The van der Waals surface area contributed by atoms with Crippen molar-refractivity contribution in [3.05, 3.63) is 47.3 Å². The van der Waals surface area contributed by atoms with Crippen LogP contribution in [-0.4, -0.2) is 26.3 Å². The average molecular weight is 354 g/mol. The summed E-state index contributed by atoms with van der Waals surface area (Å²) in [5.74, 6) is -0.936. The zero-order valence-corrected chi connectivity index (χ0v) is 13.7. The van der Waals surface area contributed by atoms with Crippen molar-refractivity contribution in [3.63, 3.8) is 0 Å². The van der Waals surface area contributed by atoms with Crippen molar-refractivity contribution in [1.29, 1.82) is 0 Å². The fraction of sp³-hybridized carbons (Fsp3) is 0.111. The number of carbonyl (C=O) groups is 1. The number of halogens is 1. The van der Waals surface area contributed by atoms with Gasteiger partial charge in [0.05, 0.1) is 11.4 Å². The molecule has 5 N–H and O–H groups in total. The Bertz CT molecular complexity index is 1050. The highest BCUT2D eigenvalue weighted by Crippen LogP contribution is 2.49. The third kappa shape index (κ3) is 2.52. The summed E-state index contributed by atoms with van der Waals surface area (Å²) in [5.41, 5.74) is 3.48. The molecule has 4 rings (SSSR count). The van der Waals surface area contributed by atoms with Crippen molar-refractivity contribution in [2.45, 2.75) is 13.3 Å². The molecule has 7 nitrogen and oxygen atoms in total. The van der Waals surface area contributed by atoms with Gasteiger partial charge in [-0.05, 0) is 29.8 Å². The first kappa shape index (κ1) is 15.9. The zero-order chi connectivity index (χ0) is 18.4. The zero-order valence-electron chi connectivity index (χ0n) is 13.7. The lowest BCUT2D eigenvalue weighted by molar-refractivity contribution is -0.114. The van der Waals surface area contributed by atoms with Gasteiger partial charge in [-0.1, -0.05) is 6.07 Å². The molecule has 0 atom stereocenters. The number of amides is 1. The van der Waals surface area contributed by atoms with Crippen LogP contribution in [-0.2, 0) is 11.2 Å². The number of carbonyl (C=O) groups excluding carboxylic acids is 1. The molecule has 0 fully saturated rings. The molecule has 0 unspecified atom stereocenters. The van der Waals surface area contributed by atoms with Crippen molar-refractivity contribution in [2.75, 3.05) is 10.6 Å². The van der Waals surface area contributed by atoms with Crippen molar-refractivity contribution in [1.82, 2.24) is 10.2 Å². The average Bonchev–Trinajstić information content (AvgIpc) is 3.12. The maximum Gasteiger partial charge on any atom is 0.221 e. The van der Waals surface area contributed by atoms with Crippen molar-refractivity contribution in [2.24, 2.45) is 0 Å². The summed E-state index contributed by atoms with van der Waals surface area (Å²) >= 11 is 0. The van der Waals surface area contributed by atoms with Crippen LogP contribution in [0.2, 0.25) is 0 Å². The standard InChI is InChI=1S/C18H15FN4O3/c1-8(24)20-16-11-6-13-15(12(11)7-14(25)17(16)26)22-23-18(13)21-10-4-2-3-9(19)5-10/h2-5,7,25-26H,6H2,1H3,(H,20,24)(H2,21,22,23). The fourth-order valence-electron chi connectivity index (χ4n) is 3.16. The molecule has 26 heavy (non-hydrogen) atoms. The number of phenols is 2. The van der Waals surface area contributed by atoms with Gasteiger partial charge in [-0.15, -0.1) is 0 Å². The van der Waals surface area contributed by atoms with Gasteiger partial charge < -0.3 is 20.8 Å². The number of aromatic hydroxyl groups is 2. The van der Waals surface area contributed by atoms with E-state index in [4.69, 9.17) is 0 Å². The smallest absolute Gasteiger partial charge is 0.221 e. The molecule has 0 saturated heterocycles. The van der Waals surface area contributed by atoms with E-state index in [0.717, 1.165) is 5.56 Å². The van der Waals surface area contributed by atoms with Crippen LogP contribution in [0, 0.1) is 5.82 Å². The van der Waals surface area contributed by atoms with Gasteiger partial charge in [0.25, 0.3) is 0 Å². The highest BCUT2D eigenvalue weighted by atomic mass is 19.1. The summed E-state index contributed by atoms with van der Waals surface area (Å²) in [6, 6.07) is 7.42. The first-order chi connectivity index (χ1) is 12.4. The largest absolute Gasteiger partial charge is 0.504 e. The summed E-state index contributed by atoms with van der Waals surface area (Å²) in [4.78, 5) is 11.5. The van der Waals surface area contributed by atoms with E-state index in [0.29, 0.717) is 34.7 Å². The van der Waals surface area contributed by atoms with Crippen molar-refractivity contribution < 1.29 is 19.4 Å². The van der Waals surface area contributed by atoms with Crippen LogP contribution in [0.4, 0.5) is 21.6 Å². The molecule has 1 amide bonds. The fourth-order valence-corrected chi connectivity index (χ4v) is 3.16. The summed E-state index contributed by atoms with van der Waals surface area (Å²) in [5, 5.41) is 32.8. The van der Waals surface area contributed by atoms with Crippen LogP contribution in [0.25, 0.3) is 11.3 Å². The lowest BCUT2D eigenvalue weighted by atomic mass is 10.1. The minimum absolute atomic E-state index is 0.175. The first-order valence-corrected chi connectivity index (χ1v) is 7.89. The van der Waals surface area contributed by atoms with Gasteiger partial charge in [0.1, 0.15) is 5.82 Å². The number of fused-ring (bicyclic) bond motifs is 3. The number of H-pyrrole nitrogens is 1. The Kier molecular flexibility index (Phi) is 3.54. The normalized spacial score (nSPS) is 11.8. The van der Waals surface area contributed by atoms with E-state index in [2.05, 4.69) is 20.8 Å². The van der Waals surface area contributed by atoms with E-state index in [-0.39, 0.29) is 28.9 Å². The maximum atomic E-state index is 13.4. The number of anilines is 3. The third-order valence-electron chi connectivity index (χ3n) is 4.27. The van der Waals surface area contributed by atoms with E-state index in [1.807, 2.05) is 0 Å². The Morgan fingerprint density at radius 2 is 2.08 bits per heavy atom. The summed E-state index contributed by atoms with van der Waals surface area (Å²) in [6.45, 7) is 1.32. The molecule has 0 aliphatic heterocycles. The molecule has 1 aromatic heterocycles. The van der Waals surface area contributed by atoms with Crippen molar-refractivity contribution in [3.8, 4) is 22.8 Å². The maximum absolute atomic E-state index is 13.4. The molecule has 8 heteroatoms. The molecule has 1 heterocycles. The highest BCUT2D eigenvalue weighted by Gasteiger charge is 2.30. The van der Waals surface area contributed by atoms with Gasteiger partial charge >= 0.3 is 0 Å². The molecule has 1 aliphatic rings. The van der Waals surface area contributed by atoms with Crippen LogP contribution < -0.4 is 10.6 Å². The van der Waals surface area contributed by atoms with Gasteiger partial charge in [0.15, 0.2) is 17.3 Å². The number of hydrogen-bond donors (Lipinski definition) is 5. The van der Waals surface area contributed by atoms with Crippen LogP contribution in [0.15, 0.2) is 30.3 Å². The number of hydrogen-bond acceptors (Lipinski definition) is 5. The SMILES string of the molecule is CC(=O)Nc1c(O)c(O)cc2c1Cc1c(Nc3cccc(F)c3)n[nH]c1-2. The molecule has 132 valence electrons. The first-order valence-electron chi connectivity index (χ1n) is 7.89. The Morgan fingerprint density at radius 1 is 1.27 bits per heavy atom. The minimum atomic E-state index is -0.378.